The topological polar surface area (TPSA) is 75.1 Å². The number of aryl methyl sites for hydroxylation is 1. The fourth-order valence-corrected chi connectivity index (χ4v) is 4.43. The molecule has 8 heteroatoms. The highest BCUT2D eigenvalue weighted by Gasteiger charge is 2.41. The number of likely N-dealkylation sites (N-methyl/N-ethyl adjacent to an activating group) is 1. The van der Waals surface area contributed by atoms with Crippen LogP contribution in [-0.2, 0) is 11.3 Å². The zero-order valence-electron chi connectivity index (χ0n) is 20.5. The van der Waals surface area contributed by atoms with E-state index in [2.05, 4.69) is 4.57 Å². The van der Waals surface area contributed by atoms with Crippen molar-refractivity contribution in [3.63, 3.8) is 0 Å². The van der Waals surface area contributed by atoms with Gasteiger partial charge in [0, 0.05) is 39.1 Å². The Morgan fingerprint density at radius 3 is 2.26 bits per heavy atom. The van der Waals surface area contributed by atoms with Crippen LogP contribution in [0.15, 0.2) is 42.5 Å². The largest absolute Gasteiger partial charge is 0.494 e. The van der Waals surface area contributed by atoms with Gasteiger partial charge in [-0.2, -0.15) is 0 Å². The van der Waals surface area contributed by atoms with Crippen molar-refractivity contribution >= 4 is 34.4 Å². The van der Waals surface area contributed by atoms with Crippen LogP contribution in [-0.4, -0.2) is 66.0 Å². The van der Waals surface area contributed by atoms with E-state index in [1.54, 1.807) is 45.1 Å². The van der Waals surface area contributed by atoms with Crippen LogP contribution in [0, 0.1) is 0 Å². The lowest BCUT2D eigenvalue weighted by molar-refractivity contribution is -0.119. The maximum Gasteiger partial charge on any atom is 0.331 e. The molecular weight excluding hydrogens is 432 g/mol. The van der Waals surface area contributed by atoms with Crippen molar-refractivity contribution in [1.82, 2.24) is 14.4 Å². The molecule has 2 aromatic carbocycles. The van der Waals surface area contributed by atoms with Crippen LogP contribution in [0.3, 0.4) is 0 Å². The van der Waals surface area contributed by atoms with Crippen LogP contribution in [0.5, 0.6) is 5.75 Å². The lowest BCUT2D eigenvalue weighted by atomic mass is 10.0. The summed E-state index contributed by atoms with van der Waals surface area (Å²) in [7, 11) is 5.09. The summed E-state index contributed by atoms with van der Waals surface area (Å²) < 4.78 is 7.81. The molecule has 1 aliphatic heterocycles. The molecule has 178 valence electrons. The van der Waals surface area contributed by atoms with E-state index in [1.165, 1.54) is 9.80 Å². The molecule has 1 saturated heterocycles. The van der Waals surface area contributed by atoms with Gasteiger partial charge in [-0.25, -0.2) is 9.69 Å². The molecule has 4 amide bonds. The zero-order valence-corrected chi connectivity index (χ0v) is 20.5. The lowest BCUT2D eigenvalue weighted by Gasteiger charge is -2.16. The minimum atomic E-state index is -0.501. The molecule has 2 heterocycles. The summed E-state index contributed by atoms with van der Waals surface area (Å²) in [6, 6.07) is 12.1. The number of rotatable bonds is 6. The van der Waals surface area contributed by atoms with Crippen molar-refractivity contribution in [1.29, 1.82) is 0 Å². The van der Waals surface area contributed by atoms with Gasteiger partial charge in [0.05, 0.1) is 29.1 Å². The van der Waals surface area contributed by atoms with Crippen molar-refractivity contribution in [2.45, 2.75) is 33.4 Å². The van der Waals surface area contributed by atoms with Crippen molar-refractivity contribution in [3.05, 3.63) is 48.0 Å². The summed E-state index contributed by atoms with van der Waals surface area (Å²) in [6.45, 7) is 6.88. The molecular formula is C26H30N4O4. The van der Waals surface area contributed by atoms with Gasteiger partial charge in [-0.15, -0.1) is 0 Å². The molecule has 1 aliphatic rings. The molecule has 1 aromatic heterocycles. The minimum Gasteiger partial charge on any atom is -0.494 e. The average molecular weight is 463 g/mol. The van der Waals surface area contributed by atoms with Crippen molar-refractivity contribution in [2.75, 3.05) is 32.6 Å². The highest BCUT2D eigenvalue weighted by Crippen LogP contribution is 2.37. The Morgan fingerprint density at radius 1 is 1.06 bits per heavy atom. The molecule has 1 atom stereocenters. The number of amides is 4. The number of carbonyl (C=O) groups excluding carboxylic acids is 3. The van der Waals surface area contributed by atoms with Crippen LogP contribution in [0.4, 0.5) is 10.5 Å². The van der Waals surface area contributed by atoms with Gasteiger partial charge in [0.15, 0.2) is 0 Å². The molecule has 0 radical (unpaired) electrons. The molecule has 1 fully saturated rings. The molecule has 0 saturated carbocycles. The van der Waals surface area contributed by atoms with Crippen molar-refractivity contribution in [2.24, 2.45) is 0 Å². The van der Waals surface area contributed by atoms with E-state index in [0.29, 0.717) is 24.4 Å². The first kappa shape index (κ1) is 23.4. The molecule has 0 N–H and O–H groups in total. The second-order valence-corrected chi connectivity index (χ2v) is 8.57. The second-order valence-electron chi connectivity index (χ2n) is 8.57. The van der Waals surface area contributed by atoms with Gasteiger partial charge in [0.25, 0.3) is 11.8 Å². The standard InChI is InChI=1S/C26H30N4O4/c1-7-29-21-15-19(34-8-2)13-14-20(21)22(25(32)27(4)5)23(29)17-9-11-18(12-10-17)30-24(31)16(3)28(6)26(30)33/h9-16H,7-8H2,1-6H3. The Labute approximate surface area is 199 Å². The highest BCUT2D eigenvalue weighted by molar-refractivity contribution is 6.21. The second kappa shape index (κ2) is 8.85. The van der Waals surface area contributed by atoms with Crippen molar-refractivity contribution < 1.29 is 19.1 Å². The van der Waals surface area contributed by atoms with Crippen LogP contribution in [0.2, 0.25) is 0 Å². The number of anilines is 1. The van der Waals surface area contributed by atoms with Gasteiger partial charge in [-0.05, 0) is 50.6 Å². The molecule has 4 rings (SSSR count). The number of fused-ring (bicyclic) bond motifs is 1. The average Bonchev–Trinajstić information content (AvgIpc) is 3.25. The van der Waals surface area contributed by atoms with Crippen molar-refractivity contribution in [3.8, 4) is 17.0 Å². The van der Waals surface area contributed by atoms with E-state index in [4.69, 9.17) is 4.74 Å². The third-order valence-electron chi connectivity index (χ3n) is 6.33. The monoisotopic (exact) mass is 462 g/mol. The number of hydrogen-bond acceptors (Lipinski definition) is 4. The number of nitrogens with zero attached hydrogens (tertiary/aromatic N) is 4. The molecule has 0 aliphatic carbocycles. The maximum atomic E-state index is 13.3. The Balaban J connectivity index is 1.88. The van der Waals surface area contributed by atoms with E-state index >= 15 is 0 Å². The molecule has 3 aromatic rings. The molecule has 8 nitrogen and oxygen atoms in total. The van der Waals surface area contributed by atoms with Gasteiger partial charge in [-0.3, -0.25) is 9.59 Å². The lowest BCUT2D eigenvalue weighted by Crippen LogP contribution is -2.31. The number of benzene rings is 2. The van der Waals surface area contributed by atoms with Gasteiger partial charge < -0.3 is 19.1 Å². The number of ether oxygens (including phenoxy) is 1. The fraction of sp³-hybridized carbons (Fsp3) is 0.346. The van der Waals surface area contributed by atoms with E-state index < -0.39 is 6.04 Å². The van der Waals surface area contributed by atoms with Gasteiger partial charge >= 0.3 is 6.03 Å². The summed E-state index contributed by atoms with van der Waals surface area (Å²) >= 11 is 0. The molecule has 34 heavy (non-hydrogen) atoms. The first-order chi connectivity index (χ1) is 16.2. The summed E-state index contributed by atoms with van der Waals surface area (Å²) in [4.78, 5) is 42.7. The first-order valence-corrected chi connectivity index (χ1v) is 11.4. The summed E-state index contributed by atoms with van der Waals surface area (Å²) in [5, 5.41) is 0.850. The Morgan fingerprint density at radius 2 is 1.74 bits per heavy atom. The number of imide groups is 1. The van der Waals surface area contributed by atoms with E-state index in [9.17, 15) is 14.4 Å². The third-order valence-corrected chi connectivity index (χ3v) is 6.33. The number of carbonyl (C=O) groups is 3. The number of aromatic nitrogens is 1. The summed E-state index contributed by atoms with van der Waals surface area (Å²) in [6.07, 6.45) is 0. The van der Waals surface area contributed by atoms with E-state index in [1.807, 2.05) is 44.2 Å². The van der Waals surface area contributed by atoms with Gasteiger partial charge in [0.2, 0.25) is 0 Å². The first-order valence-electron chi connectivity index (χ1n) is 11.4. The Hall–Kier alpha value is -3.81. The van der Waals surface area contributed by atoms with Crippen LogP contribution >= 0.6 is 0 Å². The summed E-state index contributed by atoms with van der Waals surface area (Å²) in [5.41, 5.74) is 3.65. The SMILES string of the molecule is CCOc1ccc2c(C(=O)N(C)C)c(-c3ccc(N4C(=O)C(C)N(C)C4=O)cc3)n(CC)c2c1. The highest BCUT2D eigenvalue weighted by atomic mass is 16.5. The minimum absolute atomic E-state index is 0.0965. The third kappa shape index (κ3) is 3.59. The smallest absolute Gasteiger partial charge is 0.331 e. The number of urea groups is 1. The predicted molar refractivity (Wildman–Crippen MR) is 132 cm³/mol. The molecule has 1 unspecified atom stereocenters. The van der Waals surface area contributed by atoms with Gasteiger partial charge in [0.1, 0.15) is 11.8 Å². The predicted octanol–water partition coefficient (Wildman–Crippen LogP) is 4.22. The maximum absolute atomic E-state index is 13.3. The Kier molecular flexibility index (Phi) is 6.08. The fourth-order valence-electron chi connectivity index (χ4n) is 4.43. The normalized spacial score (nSPS) is 16.0. The Bertz CT molecular complexity index is 1260. The van der Waals surface area contributed by atoms with Crippen LogP contribution in [0.25, 0.3) is 22.2 Å². The molecule has 0 spiro atoms. The van der Waals surface area contributed by atoms with Crippen LogP contribution < -0.4 is 9.64 Å². The van der Waals surface area contributed by atoms with Gasteiger partial charge in [-0.1, -0.05) is 12.1 Å². The van der Waals surface area contributed by atoms with E-state index in [0.717, 1.165) is 27.9 Å². The number of hydrogen-bond donors (Lipinski definition) is 0. The quantitative estimate of drug-likeness (QED) is 0.514. The van der Waals surface area contributed by atoms with E-state index in [-0.39, 0.29) is 17.8 Å². The molecule has 0 bridgehead atoms. The van der Waals surface area contributed by atoms with Crippen LogP contribution in [0.1, 0.15) is 31.1 Å². The summed E-state index contributed by atoms with van der Waals surface area (Å²) in [5.74, 6) is 0.396. The zero-order chi connectivity index (χ0) is 24.7.